The zero-order valence-electron chi connectivity index (χ0n) is 19.4. The molecule has 0 unspecified atom stereocenters. The van der Waals surface area contributed by atoms with Gasteiger partial charge in [0.1, 0.15) is 0 Å². The van der Waals surface area contributed by atoms with Crippen molar-refractivity contribution in [2.24, 2.45) is 10.9 Å². The average Bonchev–Trinajstić information content (AvgIpc) is 2.72. The maximum atomic E-state index is 12.4. The zero-order valence-corrected chi connectivity index (χ0v) is 19.4. The summed E-state index contributed by atoms with van der Waals surface area (Å²) in [5.41, 5.74) is 0. The van der Waals surface area contributed by atoms with Crippen LogP contribution in [0.4, 0.5) is 0 Å². The lowest BCUT2D eigenvalue weighted by molar-refractivity contribution is -0.139. The van der Waals surface area contributed by atoms with Crippen molar-refractivity contribution < 1.29 is 4.79 Å². The lowest BCUT2D eigenvalue weighted by Crippen LogP contribution is -2.51. The number of unbranched alkanes of at least 4 members (excludes halogenated alkanes) is 1. The number of nitrogens with one attached hydrogen (secondary N) is 2. The Morgan fingerprint density at radius 1 is 0.933 bits per heavy atom. The normalized spacial score (nSPS) is 22.7. The molecule has 0 aromatic rings. The first-order chi connectivity index (χ1) is 14.7. The van der Waals surface area contributed by atoms with Crippen LogP contribution >= 0.6 is 0 Å². The third kappa shape index (κ3) is 7.12. The Labute approximate surface area is 183 Å². The van der Waals surface area contributed by atoms with Gasteiger partial charge in [0.15, 0.2) is 5.96 Å². The molecule has 3 rings (SSSR count). The summed E-state index contributed by atoms with van der Waals surface area (Å²) in [6.07, 6.45) is 8.43. The monoisotopic (exact) mass is 420 g/mol. The van der Waals surface area contributed by atoms with Crippen LogP contribution in [-0.2, 0) is 4.79 Å². The number of piperazine rings is 1. The molecule has 0 spiro atoms. The van der Waals surface area contributed by atoms with Crippen molar-refractivity contribution in [2.75, 3.05) is 65.4 Å². The molecule has 1 aliphatic carbocycles. The Morgan fingerprint density at radius 3 is 2.23 bits per heavy atom. The van der Waals surface area contributed by atoms with Gasteiger partial charge in [0.05, 0.1) is 6.54 Å². The summed E-state index contributed by atoms with van der Waals surface area (Å²) >= 11 is 0. The summed E-state index contributed by atoms with van der Waals surface area (Å²) in [4.78, 5) is 24.4. The molecule has 1 amide bonds. The molecule has 0 bridgehead atoms. The van der Waals surface area contributed by atoms with Gasteiger partial charge in [-0.3, -0.25) is 14.7 Å². The molecule has 0 radical (unpaired) electrons. The Balaban J connectivity index is 1.34. The van der Waals surface area contributed by atoms with E-state index in [0.717, 1.165) is 64.6 Å². The minimum atomic E-state index is 0.327. The molecule has 172 valence electrons. The second-order valence-electron chi connectivity index (χ2n) is 9.17. The van der Waals surface area contributed by atoms with Crippen molar-refractivity contribution in [3.8, 4) is 0 Å². The Hall–Kier alpha value is -1.34. The largest absolute Gasteiger partial charge is 0.357 e. The lowest BCUT2D eigenvalue weighted by atomic mass is 9.84. The molecule has 30 heavy (non-hydrogen) atoms. The Morgan fingerprint density at radius 2 is 1.63 bits per heavy atom. The molecule has 2 heterocycles. The molecule has 2 aliphatic heterocycles. The van der Waals surface area contributed by atoms with Gasteiger partial charge in [-0.05, 0) is 45.6 Å². The third-order valence-corrected chi connectivity index (χ3v) is 6.93. The quantitative estimate of drug-likeness (QED) is 0.440. The molecule has 2 N–H and O–H groups in total. The number of hydrogen-bond donors (Lipinski definition) is 2. The highest BCUT2D eigenvalue weighted by Gasteiger charge is 2.31. The van der Waals surface area contributed by atoms with Crippen LogP contribution < -0.4 is 10.6 Å². The van der Waals surface area contributed by atoms with Gasteiger partial charge in [0.2, 0.25) is 5.91 Å². The van der Waals surface area contributed by atoms with E-state index in [0.29, 0.717) is 17.9 Å². The van der Waals surface area contributed by atoms with Gasteiger partial charge in [-0.15, -0.1) is 0 Å². The van der Waals surface area contributed by atoms with Crippen molar-refractivity contribution >= 4 is 11.9 Å². The van der Waals surface area contributed by atoms with Crippen molar-refractivity contribution in [1.82, 2.24) is 25.3 Å². The third-order valence-electron chi connectivity index (χ3n) is 6.93. The van der Waals surface area contributed by atoms with E-state index in [1.165, 1.54) is 51.7 Å². The van der Waals surface area contributed by atoms with E-state index < -0.39 is 0 Å². The molecule has 7 heteroatoms. The van der Waals surface area contributed by atoms with Crippen molar-refractivity contribution in [3.63, 3.8) is 0 Å². The molecular weight excluding hydrogens is 376 g/mol. The second kappa shape index (κ2) is 12.5. The van der Waals surface area contributed by atoms with E-state index in [2.05, 4.69) is 39.2 Å². The van der Waals surface area contributed by atoms with Gasteiger partial charge in [0, 0.05) is 64.3 Å². The summed E-state index contributed by atoms with van der Waals surface area (Å²) in [5.74, 6) is 1.69. The Bertz CT molecular complexity index is 534. The highest BCUT2D eigenvalue weighted by molar-refractivity contribution is 5.80. The topological polar surface area (TPSA) is 63.2 Å². The van der Waals surface area contributed by atoms with E-state index in [9.17, 15) is 4.79 Å². The fourth-order valence-corrected chi connectivity index (χ4v) is 4.60. The number of guanidine groups is 1. The molecule has 7 nitrogen and oxygen atoms in total. The summed E-state index contributed by atoms with van der Waals surface area (Å²) in [7, 11) is 0. The highest BCUT2D eigenvalue weighted by Crippen LogP contribution is 2.28. The van der Waals surface area contributed by atoms with E-state index in [-0.39, 0.29) is 0 Å². The molecule has 1 saturated carbocycles. The molecular formula is C23H44N6O. The van der Waals surface area contributed by atoms with Crippen LogP contribution in [-0.4, -0.2) is 98.1 Å². The van der Waals surface area contributed by atoms with Crippen LogP contribution in [0, 0.1) is 5.92 Å². The maximum Gasteiger partial charge on any atom is 0.225 e. The number of aliphatic imine (C=N–C) groups is 1. The first kappa shape index (κ1) is 23.3. The number of nitrogens with zero attached hydrogens (tertiary/aromatic N) is 4. The van der Waals surface area contributed by atoms with E-state index in [4.69, 9.17) is 4.99 Å². The fourth-order valence-electron chi connectivity index (χ4n) is 4.60. The smallest absolute Gasteiger partial charge is 0.225 e. The van der Waals surface area contributed by atoms with Crippen LogP contribution in [0.3, 0.4) is 0 Å². The number of likely N-dealkylation sites (tertiary alicyclic amines) is 1. The molecule has 3 fully saturated rings. The van der Waals surface area contributed by atoms with E-state index in [1.807, 2.05) is 0 Å². The van der Waals surface area contributed by atoms with Crippen LogP contribution in [0.5, 0.6) is 0 Å². The van der Waals surface area contributed by atoms with Crippen LogP contribution in [0.15, 0.2) is 4.99 Å². The molecule has 0 aromatic heterocycles. The van der Waals surface area contributed by atoms with Gasteiger partial charge in [0.25, 0.3) is 0 Å². The minimum Gasteiger partial charge on any atom is -0.357 e. The number of amides is 1. The summed E-state index contributed by atoms with van der Waals surface area (Å²) in [5, 5.41) is 7.07. The van der Waals surface area contributed by atoms with Crippen LogP contribution in [0.2, 0.25) is 0 Å². The summed E-state index contributed by atoms with van der Waals surface area (Å²) in [6.45, 7) is 14.4. The fraction of sp³-hybridized carbons (Fsp3) is 0.913. The first-order valence-corrected chi connectivity index (χ1v) is 12.5. The highest BCUT2D eigenvalue weighted by atomic mass is 16.2. The van der Waals surface area contributed by atoms with Crippen molar-refractivity contribution in [3.05, 3.63) is 0 Å². The SMILES string of the molecule is CCCCN1CCC(NC(=NCCN2CCN(C(=O)C3CCC3)CC2)NCC)CC1. The predicted octanol–water partition coefficient (Wildman–Crippen LogP) is 1.75. The average molecular weight is 421 g/mol. The molecule has 0 atom stereocenters. The lowest BCUT2D eigenvalue weighted by Gasteiger charge is -2.38. The van der Waals surface area contributed by atoms with Gasteiger partial charge in [-0.2, -0.15) is 0 Å². The predicted molar refractivity (Wildman–Crippen MR) is 124 cm³/mol. The Kier molecular flexibility index (Phi) is 9.72. The minimum absolute atomic E-state index is 0.327. The van der Waals surface area contributed by atoms with Gasteiger partial charge in [-0.25, -0.2) is 0 Å². The maximum absolute atomic E-state index is 12.4. The van der Waals surface area contributed by atoms with Crippen LogP contribution in [0.25, 0.3) is 0 Å². The second-order valence-corrected chi connectivity index (χ2v) is 9.17. The van der Waals surface area contributed by atoms with E-state index in [1.54, 1.807) is 0 Å². The number of piperidine rings is 1. The summed E-state index contributed by atoms with van der Waals surface area (Å²) in [6, 6.07) is 0.529. The molecule has 3 aliphatic rings. The van der Waals surface area contributed by atoms with Crippen molar-refractivity contribution in [2.45, 2.75) is 64.8 Å². The molecule has 0 aromatic carbocycles. The van der Waals surface area contributed by atoms with E-state index >= 15 is 0 Å². The zero-order chi connectivity index (χ0) is 21.2. The van der Waals surface area contributed by atoms with Crippen LogP contribution in [0.1, 0.15) is 58.8 Å². The van der Waals surface area contributed by atoms with Crippen molar-refractivity contribution in [1.29, 1.82) is 0 Å². The first-order valence-electron chi connectivity index (χ1n) is 12.5. The van der Waals surface area contributed by atoms with Gasteiger partial charge < -0.3 is 20.4 Å². The number of hydrogen-bond acceptors (Lipinski definition) is 4. The van der Waals surface area contributed by atoms with Gasteiger partial charge >= 0.3 is 0 Å². The number of carbonyl (C=O) groups is 1. The standard InChI is InChI=1S/C23H44N6O/c1-3-5-12-27-13-9-21(10-14-27)26-23(24-4-2)25-11-15-28-16-18-29(19-17-28)22(30)20-7-6-8-20/h20-21H,3-19H2,1-2H3,(H2,24,25,26). The number of rotatable bonds is 9. The van der Waals surface area contributed by atoms with Gasteiger partial charge in [-0.1, -0.05) is 19.8 Å². The summed E-state index contributed by atoms with van der Waals surface area (Å²) < 4.78 is 0. The molecule has 2 saturated heterocycles. The number of carbonyl (C=O) groups excluding carboxylic acids is 1.